The molecular formula is C25H24ClNO3. The lowest BCUT2D eigenvalue weighted by atomic mass is 9.72. The predicted octanol–water partition coefficient (Wildman–Crippen LogP) is 5.31. The fourth-order valence-electron chi connectivity index (χ4n) is 4.35. The first-order chi connectivity index (χ1) is 14.5. The van der Waals surface area contributed by atoms with Crippen molar-refractivity contribution in [2.45, 2.75) is 38.5 Å². The Morgan fingerprint density at radius 1 is 1.10 bits per heavy atom. The second-order valence-electron chi connectivity index (χ2n) is 7.80. The van der Waals surface area contributed by atoms with E-state index in [1.165, 1.54) is 0 Å². The summed E-state index contributed by atoms with van der Waals surface area (Å²) in [5.74, 6) is -1.25. The lowest BCUT2D eigenvalue weighted by molar-refractivity contribution is -0.146. The Hall–Kier alpha value is -2.72. The highest BCUT2D eigenvalue weighted by molar-refractivity contribution is 6.30. The minimum atomic E-state index is -0.609. The average molecular weight is 422 g/mol. The molecule has 0 aromatic heterocycles. The highest BCUT2D eigenvalue weighted by atomic mass is 35.5. The fraction of sp³-hybridized carbons (Fsp3) is 0.320. The summed E-state index contributed by atoms with van der Waals surface area (Å²) in [7, 11) is 0. The molecule has 0 spiro atoms. The SMILES string of the molecule is CC1=NC2=C(C(=O)CCC2)[C@H](c2ccc(Cl)cc2)C1C(=O)OCCc1ccccc1. The Morgan fingerprint density at radius 3 is 2.57 bits per heavy atom. The first-order valence-electron chi connectivity index (χ1n) is 10.3. The number of hydrogen-bond acceptors (Lipinski definition) is 4. The van der Waals surface area contributed by atoms with Crippen LogP contribution in [0.1, 0.15) is 43.2 Å². The van der Waals surface area contributed by atoms with Gasteiger partial charge in [0.25, 0.3) is 0 Å². The van der Waals surface area contributed by atoms with E-state index in [0.29, 0.717) is 35.8 Å². The van der Waals surface area contributed by atoms with Crippen LogP contribution in [0.2, 0.25) is 5.02 Å². The quantitative estimate of drug-likeness (QED) is 0.615. The normalized spacial score (nSPS) is 21.1. The van der Waals surface area contributed by atoms with Gasteiger partial charge in [-0.1, -0.05) is 54.1 Å². The maximum absolute atomic E-state index is 13.2. The zero-order chi connectivity index (χ0) is 21.1. The van der Waals surface area contributed by atoms with Gasteiger partial charge in [0.05, 0.1) is 6.61 Å². The van der Waals surface area contributed by atoms with E-state index in [4.69, 9.17) is 16.3 Å². The number of esters is 1. The lowest BCUT2D eigenvalue weighted by Gasteiger charge is -2.34. The molecule has 2 aromatic rings. The number of halogens is 1. The van der Waals surface area contributed by atoms with Crippen LogP contribution in [0.4, 0.5) is 0 Å². The number of hydrogen-bond donors (Lipinski definition) is 0. The summed E-state index contributed by atoms with van der Waals surface area (Å²) < 4.78 is 5.67. The Kier molecular flexibility index (Phi) is 6.14. The smallest absolute Gasteiger partial charge is 0.315 e. The molecule has 1 aliphatic carbocycles. The Balaban J connectivity index is 1.62. The number of carbonyl (C=O) groups is 2. The molecule has 2 aliphatic rings. The van der Waals surface area contributed by atoms with Gasteiger partial charge in [-0.05, 0) is 43.0 Å². The third-order valence-corrected chi connectivity index (χ3v) is 6.05. The first kappa shape index (κ1) is 20.5. The number of aliphatic imine (C=N–C) groups is 1. The molecule has 154 valence electrons. The third-order valence-electron chi connectivity index (χ3n) is 5.80. The lowest BCUT2D eigenvalue weighted by Crippen LogP contribution is -2.37. The Morgan fingerprint density at radius 2 is 1.83 bits per heavy atom. The van der Waals surface area contributed by atoms with Crippen molar-refractivity contribution in [1.29, 1.82) is 0 Å². The van der Waals surface area contributed by atoms with Gasteiger partial charge in [0.2, 0.25) is 0 Å². The number of nitrogens with zero attached hydrogens (tertiary/aromatic N) is 1. The molecule has 0 N–H and O–H groups in total. The number of ketones is 1. The molecule has 1 unspecified atom stereocenters. The molecule has 0 bridgehead atoms. The molecule has 1 heterocycles. The monoisotopic (exact) mass is 421 g/mol. The zero-order valence-corrected chi connectivity index (χ0v) is 17.7. The van der Waals surface area contributed by atoms with Gasteiger partial charge in [0.1, 0.15) is 5.92 Å². The van der Waals surface area contributed by atoms with Crippen molar-refractivity contribution in [3.05, 3.63) is 82.0 Å². The molecule has 1 aliphatic heterocycles. The van der Waals surface area contributed by atoms with Crippen LogP contribution < -0.4 is 0 Å². The molecule has 4 nitrogen and oxygen atoms in total. The van der Waals surface area contributed by atoms with Crippen molar-refractivity contribution in [2.24, 2.45) is 10.9 Å². The fourth-order valence-corrected chi connectivity index (χ4v) is 4.47. The van der Waals surface area contributed by atoms with E-state index < -0.39 is 5.92 Å². The molecule has 0 saturated heterocycles. The van der Waals surface area contributed by atoms with Crippen LogP contribution in [0.5, 0.6) is 0 Å². The summed E-state index contributed by atoms with van der Waals surface area (Å²) in [5, 5.41) is 0.617. The van der Waals surface area contributed by atoms with Gasteiger partial charge in [0.15, 0.2) is 5.78 Å². The second kappa shape index (κ2) is 8.97. The zero-order valence-electron chi connectivity index (χ0n) is 16.9. The topological polar surface area (TPSA) is 55.7 Å². The number of benzene rings is 2. The van der Waals surface area contributed by atoms with Crippen LogP contribution in [-0.4, -0.2) is 24.1 Å². The van der Waals surface area contributed by atoms with Crippen molar-refractivity contribution in [3.8, 4) is 0 Å². The molecule has 5 heteroatoms. The maximum Gasteiger partial charge on any atom is 0.315 e. The van der Waals surface area contributed by atoms with Gasteiger partial charge >= 0.3 is 5.97 Å². The van der Waals surface area contributed by atoms with Gasteiger partial charge in [-0.2, -0.15) is 0 Å². The van der Waals surface area contributed by atoms with E-state index in [0.717, 1.165) is 29.7 Å². The van der Waals surface area contributed by atoms with E-state index in [1.54, 1.807) is 12.1 Å². The largest absolute Gasteiger partial charge is 0.465 e. The minimum absolute atomic E-state index is 0.0783. The summed E-state index contributed by atoms with van der Waals surface area (Å²) in [6.45, 7) is 2.15. The number of ether oxygens (including phenoxy) is 1. The van der Waals surface area contributed by atoms with Crippen molar-refractivity contribution in [2.75, 3.05) is 6.61 Å². The summed E-state index contributed by atoms with van der Waals surface area (Å²) in [4.78, 5) is 30.7. The highest BCUT2D eigenvalue weighted by Gasteiger charge is 2.43. The second-order valence-corrected chi connectivity index (χ2v) is 8.24. The molecule has 0 radical (unpaired) electrons. The van der Waals surface area contributed by atoms with Gasteiger partial charge in [-0.15, -0.1) is 0 Å². The maximum atomic E-state index is 13.2. The molecule has 0 fully saturated rings. The number of Topliss-reactive ketones (excluding diaryl/α,β-unsaturated/α-hetero) is 1. The number of rotatable bonds is 5. The highest BCUT2D eigenvalue weighted by Crippen LogP contribution is 2.43. The van der Waals surface area contributed by atoms with Gasteiger partial charge < -0.3 is 4.74 Å². The van der Waals surface area contributed by atoms with Crippen LogP contribution >= 0.6 is 11.6 Å². The van der Waals surface area contributed by atoms with Crippen LogP contribution in [0.25, 0.3) is 0 Å². The van der Waals surface area contributed by atoms with Gasteiger partial charge in [-0.3, -0.25) is 14.6 Å². The Labute approximate surface area is 181 Å². The molecular weight excluding hydrogens is 398 g/mol. The standard InChI is InChI=1S/C25H24ClNO3/c1-16-22(25(29)30-15-14-17-6-3-2-4-7-17)23(18-10-12-19(26)13-11-18)24-20(27-16)8-5-9-21(24)28/h2-4,6-7,10-13,22-23H,5,8-9,14-15H2,1H3/t22?,23-/m1/s1. The molecule has 0 saturated carbocycles. The van der Waals surface area contributed by atoms with Crippen molar-refractivity contribution >= 4 is 29.1 Å². The Bertz CT molecular complexity index is 1010. The predicted molar refractivity (Wildman–Crippen MR) is 118 cm³/mol. The molecule has 2 aromatic carbocycles. The van der Waals surface area contributed by atoms with E-state index in [9.17, 15) is 9.59 Å². The van der Waals surface area contributed by atoms with Crippen LogP contribution in [0, 0.1) is 5.92 Å². The molecule has 30 heavy (non-hydrogen) atoms. The van der Waals surface area contributed by atoms with E-state index in [2.05, 4.69) is 4.99 Å². The molecule has 2 atom stereocenters. The van der Waals surface area contributed by atoms with E-state index >= 15 is 0 Å². The number of carbonyl (C=O) groups excluding carboxylic acids is 2. The average Bonchev–Trinajstić information content (AvgIpc) is 2.74. The van der Waals surface area contributed by atoms with Crippen LogP contribution in [-0.2, 0) is 20.7 Å². The first-order valence-corrected chi connectivity index (χ1v) is 10.7. The summed E-state index contributed by atoms with van der Waals surface area (Å²) in [6.07, 6.45) is 2.70. The van der Waals surface area contributed by atoms with E-state index in [1.807, 2.05) is 49.4 Å². The molecule has 4 rings (SSSR count). The van der Waals surface area contributed by atoms with Crippen molar-refractivity contribution in [1.82, 2.24) is 0 Å². The minimum Gasteiger partial charge on any atom is -0.465 e. The van der Waals surface area contributed by atoms with Crippen molar-refractivity contribution < 1.29 is 14.3 Å². The summed E-state index contributed by atoms with van der Waals surface area (Å²) in [5.41, 5.74) is 4.19. The van der Waals surface area contributed by atoms with Gasteiger partial charge in [-0.25, -0.2) is 0 Å². The van der Waals surface area contributed by atoms with Crippen LogP contribution in [0.15, 0.2) is 70.9 Å². The van der Waals surface area contributed by atoms with E-state index in [-0.39, 0.29) is 17.7 Å². The van der Waals surface area contributed by atoms with Crippen molar-refractivity contribution in [3.63, 3.8) is 0 Å². The third kappa shape index (κ3) is 4.24. The molecule has 0 amide bonds. The summed E-state index contributed by atoms with van der Waals surface area (Å²) in [6, 6.07) is 17.3. The van der Waals surface area contributed by atoms with Gasteiger partial charge in [0, 0.05) is 40.8 Å². The van der Waals surface area contributed by atoms with Crippen LogP contribution in [0.3, 0.4) is 0 Å². The summed E-state index contributed by atoms with van der Waals surface area (Å²) >= 11 is 6.08. The number of allylic oxidation sites excluding steroid dienone is 2.